The van der Waals surface area contributed by atoms with Crippen LogP contribution in [-0.4, -0.2) is 89.6 Å². The van der Waals surface area contributed by atoms with Crippen LogP contribution in [0.1, 0.15) is 162 Å². The monoisotopic (exact) mass is 829 g/mol. The van der Waals surface area contributed by atoms with Gasteiger partial charge in [0.2, 0.25) is 0 Å². The average molecular weight is 829 g/mol. The van der Waals surface area contributed by atoms with Crippen LogP contribution in [0, 0.1) is 0 Å². The SMILES string of the molecule is CC/C=C\C/C=C\C/C=C\C/C=C\C/C=C\C/C=C\CCCCCOCC(COC1OC(CO)C(O)C(O)C1O)OC(=O)CCCCCCC/C=C\CCCCCCC. The molecule has 0 aliphatic carbocycles. The number of carbonyl (C=O) groups is 1. The second-order valence-corrected chi connectivity index (χ2v) is 15.5. The number of esters is 1. The zero-order valence-corrected chi connectivity index (χ0v) is 37.0. The zero-order chi connectivity index (χ0) is 42.9. The molecule has 0 saturated carbocycles. The minimum atomic E-state index is -1.55. The first-order valence-corrected chi connectivity index (χ1v) is 23.2. The van der Waals surface area contributed by atoms with Gasteiger partial charge in [0.05, 0.1) is 19.8 Å². The van der Waals surface area contributed by atoms with E-state index in [0.717, 1.165) is 103 Å². The lowest BCUT2D eigenvalue weighted by Crippen LogP contribution is -2.59. The molecule has 0 radical (unpaired) electrons. The molecule has 9 heteroatoms. The maximum Gasteiger partial charge on any atom is 0.306 e. The molecular formula is C50H84O9. The van der Waals surface area contributed by atoms with Crippen molar-refractivity contribution >= 4 is 5.97 Å². The Morgan fingerprint density at radius 1 is 0.559 bits per heavy atom. The number of unbranched alkanes of at least 4 members (excludes halogenated alkanes) is 13. The van der Waals surface area contributed by atoms with Gasteiger partial charge < -0.3 is 39.4 Å². The molecule has 0 spiro atoms. The standard InChI is InChI=1S/C50H84O9/c1-3-5-7-9-11-13-15-17-19-20-21-22-23-24-25-26-28-30-32-34-36-38-40-56-42-44(43-57-50-49(55)48(54)47(53)45(41-51)59-50)58-46(52)39-37-35-33-31-29-27-18-16-14-12-10-8-6-4-2/h5,7,11,13,16-19,21-22,24-25,28,30,44-45,47-51,53-55H,3-4,6,8-10,12,14-15,20,23,26-27,29,31-43H2,1-2H3/b7-5-,13-11-,18-16-,19-17-,22-21-,25-24-,30-28-. The van der Waals surface area contributed by atoms with Gasteiger partial charge in [-0.1, -0.05) is 150 Å². The number of aliphatic hydroxyl groups is 4. The molecule has 9 nitrogen and oxygen atoms in total. The zero-order valence-electron chi connectivity index (χ0n) is 37.0. The first-order valence-electron chi connectivity index (χ1n) is 23.2. The Hall–Kier alpha value is -2.63. The van der Waals surface area contributed by atoms with Gasteiger partial charge in [-0.15, -0.1) is 0 Å². The van der Waals surface area contributed by atoms with E-state index in [0.29, 0.717) is 13.0 Å². The highest BCUT2D eigenvalue weighted by molar-refractivity contribution is 5.69. The van der Waals surface area contributed by atoms with Crippen molar-refractivity contribution in [1.82, 2.24) is 0 Å². The van der Waals surface area contributed by atoms with E-state index in [1.165, 1.54) is 38.5 Å². The van der Waals surface area contributed by atoms with E-state index in [1.807, 2.05) is 0 Å². The highest BCUT2D eigenvalue weighted by Gasteiger charge is 2.44. The predicted molar refractivity (Wildman–Crippen MR) is 242 cm³/mol. The van der Waals surface area contributed by atoms with Crippen LogP contribution in [0.2, 0.25) is 0 Å². The fraction of sp³-hybridized carbons (Fsp3) is 0.700. The number of hydrogen-bond acceptors (Lipinski definition) is 9. The third-order valence-electron chi connectivity index (χ3n) is 10.0. The van der Waals surface area contributed by atoms with Crippen molar-refractivity contribution in [2.24, 2.45) is 0 Å². The molecule has 59 heavy (non-hydrogen) atoms. The Bertz CT molecular complexity index is 1170. The summed E-state index contributed by atoms with van der Waals surface area (Å²) >= 11 is 0. The fourth-order valence-electron chi connectivity index (χ4n) is 6.43. The Balaban J connectivity index is 2.30. The summed E-state index contributed by atoms with van der Waals surface area (Å²) in [5, 5.41) is 40.1. The second-order valence-electron chi connectivity index (χ2n) is 15.5. The van der Waals surface area contributed by atoms with E-state index < -0.39 is 43.4 Å². The second kappa shape index (κ2) is 40.8. The Kier molecular flexibility index (Phi) is 37.6. The van der Waals surface area contributed by atoms with Crippen LogP contribution < -0.4 is 0 Å². The van der Waals surface area contributed by atoms with Crippen molar-refractivity contribution in [1.29, 1.82) is 0 Å². The van der Waals surface area contributed by atoms with Gasteiger partial charge in [0, 0.05) is 13.0 Å². The van der Waals surface area contributed by atoms with Crippen LogP contribution in [-0.2, 0) is 23.7 Å². The van der Waals surface area contributed by atoms with E-state index in [-0.39, 0.29) is 19.2 Å². The molecule has 6 unspecified atom stereocenters. The van der Waals surface area contributed by atoms with E-state index in [1.54, 1.807) is 0 Å². The number of allylic oxidation sites excluding steroid dienone is 14. The summed E-state index contributed by atoms with van der Waals surface area (Å²) in [6, 6.07) is 0. The summed E-state index contributed by atoms with van der Waals surface area (Å²) in [6.45, 7) is 4.32. The molecule has 1 aliphatic rings. The van der Waals surface area contributed by atoms with Crippen LogP contribution >= 0.6 is 0 Å². The Morgan fingerprint density at radius 3 is 1.58 bits per heavy atom. The number of ether oxygens (including phenoxy) is 4. The number of rotatable bonds is 38. The van der Waals surface area contributed by atoms with Crippen molar-refractivity contribution in [2.45, 2.75) is 198 Å². The third-order valence-corrected chi connectivity index (χ3v) is 10.0. The van der Waals surface area contributed by atoms with Crippen molar-refractivity contribution in [3.05, 3.63) is 85.1 Å². The minimum Gasteiger partial charge on any atom is -0.457 e. The van der Waals surface area contributed by atoms with Crippen molar-refractivity contribution in [3.8, 4) is 0 Å². The smallest absolute Gasteiger partial charge is 0.306 e. The highest BCUT2D eigenvalue weighted by Crippen LogP contribution is 2.22. The molecular weight excluding hydrogens is 745 g/mol. The van der Waals surface area contributed by atoms with Crippen molar-refractivity contribution in [3.63, 3.8) is 0 Å². The number of hydrogen-bond donors (Lipinski definition) is 4. The lowest BCUT2D eigenvalue weighted by molar-refractivity contribution is -0.305. The first-order chi connectivity index (χ1) is 28.9. The molecule has 6 atom stereocenters. The first kappa shape index (κ1) is 54.4. The van der Waals surface area contributed by atoms with Crippen LogP contribution in [0.5, 0.6) is 0 Å². The fourth-order valence-corrected chi connectivity index (χ4v) is 6.43. The predicted octanol–water partition coefficient (Wildman–Crippen LogP) is 10.6. The third kappa shape index (κ3) is 31.8. The van der Waals surface area contributed by atoms with Gasteiger partial charge in [-0.2, -0.15) is 0 Å². The van der Waals surface area contributed by atoms with Gasteiger partial charge in [0.25, 0.3) is 0 Å². The molecule has 0 aromatic heterocycles. The van der Waals surface area contributed by atoms with Crippen molar-refractivity contribution in [2.75, 3.05) is 26.4 Å². The molecule has 0 aromatic carbocycles. The molecule has 1 heterocycles. The van der Waals surface area contributed by atoms with Gasteiger partial charge in [-0.3, -0.25) is 4.79 Å². The maximum absolute atomic E-state index is 12.8. The highest BCUT2D eigenvalue weighted by atomic mass is 16.7. The normalized spacial score (nSPS) is 20.9. The van der Waals surface area contributed by atoms with E-state index in [2.05, 4.69) is 98.9 Å². The topological polar surface area (TPSA) is 135 Å². The molecule has 0 bridgehead atoms. The molecule has 338 valence electrons. The van der Waals surface area contributed by atoms with Crippen LogP contribution in [0.15, 0.2) is 85.1 Å². The summed E-state index contributed by atoms with van der Waals surface area (Å²) in [5.74, 6) is -0.339. The van der Waals surface area contributed by atoms with E-state index >= 15 is 0 Å². The summed E-state index contributed by atoms with van der Waals surface area (Å²) in [4.78, 5) is 12.8. The van der Waals surface area contributed by atoms with E-state index in [9.17, 15) is 25.2 Å². The quantitative estimate of drug-likeness (QED) is 0.0272. The Morgan fingerprint density at radius 2 is 1.03 bits per heavy atom. The number of aliphatic hydroxyl groups excluding tert-OH is 4. The molecule has 4 N–H and O–H groups in total. The van der Waals surface area contributed by atoms with E-state index in [4.69, 9.17) is 18.9 Å². The van der Waals surface area contributed by atoms with Crippen LogP contribution in [0.3, 0.4) is 0 Å². The van der Waals surface area contributed by atoms with Crippen LogP contribution in [0.25, 0.3) is 0 Å². The van der Waals surface area contributed by atoms with Gasteiger partial charge >= 0.3 is 5.97 Å². The van der Waals surface area contributed by atoms with Gasteiger partial charge in [0.1, 0.15) is 30.5 Å². The lowest BCUT2D eigenvalue weighted by Gasteiger charge is -2.39. The molecule has 1 saturated heterocycles. The largest absolute Gasteiger partial charge is 0.457 e. The number of carbonyl (C=O) groups excluding carboxylic acids is 1. The summed E-state index contributed by atoms with van der Waals surface area (Å²) in [7, 11) is 0. The summed E-state index contributed by atoms with van der Waals surface area (Å²) in [5.41, 5.74) is 0. The Labute approximate surface area is 359 Å². The van der Waals surface area contributed by atoms with Crippen molar-refractivity contribution < 1.29 is 44.2 Å². The van der Waals surface area contributed by atoms with Gasteiger partial charge in [-0.05, 0) is 89.9 Å². The van der Waals surface area contributed by atoms with Crippen LogP contribution in [0.4, 0.5) is 0 Å². The average Bonchev–Trinajstić information content (AvgIpc) is 3.24. The minimum absolute atomic E-state index is 0.114. The molecule has 0 amide bonds. The summed E-state index contributed by atoms with van der Waals surface area (Å²) < 4.78 is 22.8. The molecule has 1 fully saturated rings. The van der Waals surface area contributed by atoms with Gasteiger partial charge in [0.15, 0.2) is 6.29 Å². The maximum atomic E-state index is 12.8. The summed E-state index contributed by atoms with van der Waals surface area (Å²) in [6.07, 6.45) is 47.5. The lowest BCUT2D eigenvalue weighted by atomic mass is 9.99. The molecule has 1 rings (SSSR count). The van der Waals surface area contributed by atoms with Gasteiger partial charge in [-0.25, -0.2) is 0 Å². The molecule has 0 aromatic rings. The molecule has 1 aliphatic heterocycles.